The van der Waals surface area contributed by atoms with Gasteiger partial charge in [-0.2, -0.15) is 9.97 Å². The van der Waals surface area contributed by atoms with E-state index in [-0.39, 0.29) is 28.3 Å². The molecule has 0 bridgehead atoms. The Morgan fingerprint density at radius 2 is 1.79 bits per heavy atom. The SMILES string of the molecule is COc1nc(N2CCN(C(=O)OC(C)(C)C)CC2)c2cnc(-c3cccc4ccc(F)c(Cl)c34)c(F)c2n1. The van der Waals surface area contributed by atoms with Crippen molar-refractivity contribution in [3.8, 4) is 17.3 Å². The number of hydrogen-bond acceptors (Lipinski definition) is 7. The van der Waals surface area contributed by atoms with E-state index in [1.54, 1.807) is 29.2 Å². The Morgan fingerprint density at radius 1 is 1.05 bits per heavy atom. The monoisotopic (exact) mass is 541 g/mol. The number of pyridine rings is 1. The van der Waals surface area contributed by atoms with Crippen LogP contribution in [0.15, 0.2) is 36.5 Å². The molecule has 0 atom stereocenters. The predicted octanol–water partition coefficient (Wildman–Crippen LogP) is 5.84. The van der Waals surface area contributed by atoms with Gasteiger partial charge in [0.2, 0.25) is 0 Å². The van der Waals surface area contributed by atoms with Gasteiger partial charge in [-0.25, -0.2) is 13.6 Å². The molecule has 4 aromatic rings. The van der Waals surface area contributed by atoms with Crippen LogP contribution in [0.5, 0.6) is 6.01 Å². The van der Waals surface area contributed by atoms with Gasteiger partial charge >= 0.3 is 12.1 Å². The van der Waals surface area contributed by atoms with Crippen LogP contribution in [0.4, 0.5) is 19.4 Å². The molecule has 2 aromatic heterocycles. The molecule has 198 valence electrons. The van der Waals surface area contributed by atoms with E-state index in [0.717, 1.165) is 0 Å². The number of carbonyl (C=O) groups excluding carboxylic acids is 1. The summed E-state index contributed by atoms with van der Waals surface area (Å²) < 4.78 is 41.1. The second-order valence-electron chi connectivity index (χ2n) is 9.94. The van der Waals surface area contributed by atoms with Gasteiger partial charge in [-0.05, 0) is 32.2 Å². The van der Waals surface area contributed by atoms with E-state index in [0.29, 0.717) is 53.7 Å². The fraction of sp³-hybridized carbons (Fsp3) is 0.333. The van der Waals surface area contributed by atoms with Gasteiger partial charge < -0.3 is 19.3 Å². The summed E-state index contributed by atoms with van der Waals surface area (Å²) in [4.78, 5) is 29.2. The number of ether oxygens (including phenoxy) is 2. The molecule has 0 spiro atoms. The highest BCUT2D eigenvalue weighted by Gasteiger charge is 2.28. The highest BCUT2D eigenvalue weighted by molar-refractivity contribution is 6.36. The van der Waals surface area contributed by atoms with Crippen LogP contribution in [0.25, 0.3) is 32.9 Å². The lowest BCUT2D eigenvalue weighted by atomic mass is 10.0. The number of piperazine rings is 1. The Hall–Kier alpha value is -3.79. The highest BCUT2D eigenvalue weighted by Crippen LogP contribution is 2.38. The van der Waals surface area contributed by atoms with Crippen molar-refractivity contribution in [2.75, 3.05) is 38.2 Å². The molecule has 2 aromatic carbocycles. The third kappa shape index (κ3) is 4.76. The second-order valence-corrected chi connectivity index (χ2v) is 10.3. The minimum Gasteiger partial charge on any atom is -0.467 e. The van der Waals surface area contributed by atoms with Gasteiger partial charge in [0.1, 0.15) is 28.4 Å². The molecule has 0 radical (unpaired) electrons. The van der Waals surface area contributed by atoms with Gasteiger partial charge in [0, 0.05) is 43.3 Å². The first-order chi connectivity index (χ1) is 18.1. The summed E-state index contributed by atoms with van der Waals surface area (Å²) >= 11 is 6.28. The number of hydrogen-bond donors (Lipinski definition) is 0. The first-order valence-electron chi connectivity index (χ1n) is 12.1. The maximum Gasteiger partial charge on any atom is 0.410 e. The highest BCUT2D eigenvalue weighted by atomic mass is 35.5. The van der Waals surface area contributed by atoms with E-state index in [2.05, 4.69) is 15.0 Å². The Kier molecular flexibility index (Phi) is 6.68. The van der Waals surface area contributed by atoms with Gasteiger partial charge in [-0.15, -0.1) is 0 Å². The Labute approximate surface area is 223 Å². The van der Waals surface area contributed by atoms with E-state index in [9.17, 15) is 9.18 Å². The quantitative estimate of drug-likeness (QED) is 0.322. The van der Waals surface area contributed by atoms with Crippen LogP contribution in [0.3, 0.4) is 0 Å². The zero-order chi connectivity index (χ0) is 27.2. The lowest BCUT2D eigenvalue weighted by Crippen LogP contribution is -2.50. The Bertz CT molecular complexity index is 1550. The summed E-state index contributed by atoms with van der Waals surface area (Å²) in [5, 5.41) is 1.29. The number of carbonyl (C=O) groups is 1. The molecular formula is C27H26ClF2N5O3. The average molecular weight is 542 g/mol. The molecule has 38 heavy (non-hydrogen) atoms. The average Bonchev–Trinajstić information content (AvgIpc) is 2.89. The fourth-order valence-corrected chi connectivity index (χ4v) is 4.75. The number of rotatable bonds is 3. The van der Waals surface area contributed by atoms with Gasteiger partial charge in [-0.3, -0.25) is 4.98 Å². The smallest absolute Gasteiger partial charge is 0.410 e. The number of fused-ring (bicyclic) bond motifs is 2. The molecular weight excluding hydrogens is 516 g/mol. The van der Waals surface area contributed by atoms with E-state index < -0.39 is 17.2 Å². The molecule has 0 unspecified atom stereocenters. The molecule has 3 heterocycles. The summed E-state index contributed by atoms with van der Waals surface area (Å²) in [5.41, 5.74) is -0.254. The zero-order valence-electron chi connectivity index (χ0n) is 21.4. The normalized spacial score (nSPS) is 14.3. The number of anilines is 1. The van der Waals surface area contributed by atoms with Crippen molar-refractivity contribution in [3.05, 3.63) is 53.2 Å². The van der Waals surface area contributed by atoms with Crippen molar-refractivity contribution in [1.29, 1.82) is 0 Å². The van der Waals surface area contributed by atoms with Crippen molar-refractivity contribution in [1.82, 2.24) is 19.9 Å². The molecule has 8 nitrogen and oxygen atoms in total. The van der Waals surface area contributed by atoms with E-state index >= 15 is 4.39 Å². The first-order valence-corrected chi connectivity index (χ1v) is 12.5. The van der Waals surface area contributed by atoms with Gasteiger partial charge in [0.25, 0.3) is 0 Å². The second kappa shape index (κ2) is 9.83. The van der Waals surface area contributed by atoms with Gasteiger partial charge in [-0.1, -0.05) is 35.9 Å². The third-order valence-corrected chi connectivity index (χ3v) is 6.62. The van der Waals surface area contributed by atoms with Crippen LogP contribution < -0.4 is 9.64 Å². The van der Waals surface area contributed by atoms with Crippen molar-refractivity contribution in [2.24, 2.45) is 0 Å². The topological polar surface area (TPSA) is 80.7 Å². The number of amides is 1. The summed E-state index contributed by atoms with van der Waals surface area (Å²) in [7, 11) is 1.40. The molecule has 5 rings (SSSR count). The minimum atomic E-state index is -0.704. The summed E-state index contributed by atoms with van der Waals surface area (Å²) in [6, 6.07) is 7.97. The number of aromatic nitrogens is 3. The molecule has 1 fully saturated rings. The van der Waals surface area contributed by atoms with E-state index in [1.165, 1.54) is 19.4 Å². The number of halogens is 3. The van der Waals surface area contributed by atoms with Gasteiger partial charge in [0.15, 0.2) is 5.82 Å². The third-order valence-electron chi connectivity index (χ3n) is 6.25. The molecule has 0 N–H and O–H groups in total. The van der Waals surface area contributed by atoms with Crippen molar-refractivity contribution in [3.63, 3.8) is 0 Å². The lowest BCUT2D eigenvalue weighted by molar-refractivity contribution is 0.0240. The standard InChI is InChI=1S/C27H26ClF2N5O3/c1-27(2,3)38-26(36)35-12-10-34(11-13-35)24-17-14-31-22(21(30)23(17)32-25(33-24)37-4)16-7-5-6-15-8-9-18(29)20(28)19(15)16/h5-9,14H,10-13H2,1-4H3. The minimum absolute atomic E-state index is 0.0101. The number of benzene rings is 2. The molecule has 1 saturated heterocycles. The Balaban J connectivity index is 1.55. The van der Waals surface area contributed by atoms with Crippen LogP contribution in [-0.4, -0.2) is 64.8 Å². The molecule has 1 amide bonds. The van der Waals surface area contributed by atoms with Crippen LogP contribution in [0.2, 0.25) is 5.02 Å². The van der Waals surface area contributed by atoms with E-state index in [1.807, 2.05) is 25.7 Å². The summed E-state index contributed by atoms with van der Waals surface area (Å²) in [6.07, 6.45) is 1.11. The maximum absolute atomic E-state index is 16.1. The zero-order valence-corrected chi connectivity index (χ0v) is 22.1. The largest absolute Gasteiger partial charge is 0.467 e. The molecule has 0 saturated carbocycles. The van der Waals surface area contributed by atoms with Crippen LogP contribution >= 0.6 is 11.6 Å². The number of methoxy groups -OCH3 is 1. The molecule has 1 aliphatic heterocycles. The fourth-order valence-electron chi connectivity index (χ4n) is 4.48. The van der Waals surface area contributed by atoms with Crippen molar-refractivity contribution >= 4 is 45.2 Å². The van der Waals surface area contributed by atoms with Crippen molar-refractivity contribution < 1.29 is 23.0 Å². The number of nitrogens with zero attached hydrogens (tertiary/aromatic N) is 5. The van der Waals surface area contributed by atoms with Crippen LogP contribution in [-0.2, 0) is 4.74 Å². The molecule has 11 heteroatoms. The predicted molar refractivity (Wildman–Crippen MR) is 142 cm³/mol. The van der Waals surface area contributed by atoms with Crippen LogP contribution in [0.1, 0.15) is 20.8 Å². The Morgan fingerprint density at radius 3 is 2.47 bits per heavy atom. The first kappa shape index (κ1) is 25.8. The summed E-state index contributed by atoms with van der Waals surface area (Å²) in [6.45, 7) is 7.14. The maximum atomic E-state index is 16.1. The summed E-state index contributed by atoms with van der Waals surface area (Å²) in [5.74, 6) is -0.870. The van der Waals surface area contributed by atoms with E-state index in [4.69, 9.17) is 21.1 Å². The van der Waals surface area contributed by atoms with Gasteiger partial charge in [0.05, 0.1) is 17.5 Å². The van der Waals surface area contributed by atoms with Crippen molar-refractivity contribution in [2.45, 2.75) is 26.4 Å². The molecule has 0 aliphatic carbocycles. The van der Waals surface area contributed by atoms with Crippen LogP contribution in [0, 0.1) is 11.6 Å². The molecule has 1 aliphatic rings. The lowest BCUT2D eigenvalue weighted by Gasteiger charge is -2.36.